The summed E-state index contributed by atoms with van der Waals surface area (Å²) >= 11 is 0. The van der Waals surface area contributed by atoms with Crippen LogP contribution in [0.3, 0.4) is 0 Å². The van der Waals surface area contributed by atoms with Gasteiger partial charge in [0.2, 0.25) is 0 Å². The van der Waals surface area contributed by atoms with E-state index in [1.807, 2.05) is 0 Å². The Balaban J connectivity index is 0. The molecule has 0 bridgehead atoms. The first kappa shape index (κ1) is 76.4. The zero-order valence-corrected chi connectivity index (χ0v) is 10.8. The van der Waals surface area contributed by atoms with Crippen LogP contribution < -0.4 is 0 Å². The first-order valence-corrected chi connectivity index (χ1v) is 0. The minimum Gasteiger partial charge on any atom is -0.147 e. The van der Waals surface area contributed by atoms with E-state index in [0.717, 1.165) is 0 Å². The third kappa shape index (κ3) is 31.4. The van der Waals surface area contributed by atoms with Crippen LogP contribution in [0.1, 0.15) is 0 Å². The second kappa shape index (κ2) is 50.7. The van der Waals surface area contributed by atoms with Crippen LogP contribution in [-0.4, -0.2) is 0 Å². The molecule has 0 aromatic carbocycles. The van der Waals surface area contributed by atoms with Gasteiger partial charge in [0, 0.05) is 31.1 Å². The van der Waals surface area contributed by atoms with E-state index in [-0.39, 0.29) is 93.1 Å². The third-order valence-electron chi connectivity index (χ3n) is 0. The first-order chi connectivity index (χ1) is 0. The van der Waals surface area contributed by atoms with Crippen molar-refractivity contribution in [1.29, 1.82) is 0 Å². The molecule has 0 aliphatic carbocycles. The van der Waals surface area contributed by atoms with Gasteiger partial charge in [0.1, 0.15) is 0 Å². The fourth-order valence-corrected chi connectivity index (χ4v) is 0. The van der Waals surface area contributed by atoms with Crippen LogP contribution >= 0.6 is 62.0 Å². The molecular weight excluding hydrogens is 415 g/mol. The van der Waals surface area contributed by atoms with Gasteiger partial charge in [-0.15, -0.1) is 62.0 Å². The van der Waals surface area contributed by atoms with Crippen LogP contribution in [0.25, 0.3) is 0 Å². The zero-order chi connectivity index (χ0) is 0. The van der Waals surface area contributed by atoms with Gasteiger partial charge in [-0.05, 0) is 0 Å². The fourth-order valence-electron chi connectivity index (χ4n) is 0. The molecule has 0 N–H and O–H groups in total. The van der Waals surface area contributed by atoms with Crippen LogP contribution in [0.2, 0.25) is 0 Å². The molecule has 6 heavy (non-hydrogen) atoms. The van der Waals surface area contributed by atoms with Gasteiger partial charge in [0.25, 0.3) is 0 Å². The Morgan fingerprint density at radius 3 is 0.333 bits per heavy atom. The van der Waals surface area contributed by atoms with Crippen LogP contribution in [-0.2, 0) is 0 Å². The van der Waals surface area contributed by atoms with Gasteiger partial charge < -0.3 is 0 Å². The molecule has 0 unspecified atom stereocenters. The maximum absolute atomic E-state index is 0. The molecule has 0 aromatic heterocycles. The molecule has 0 aromatic rings. The van der Waals surface area contributed by atoms with Crippen molar-refractivity contribution in [2.45, 2.75) is 0 Å². The van der Waals surface area contributed by atoms with E-state index in [1.54, 1.807) is 0 Å². The van der Waals surface area contributed by atoms with Gasteiger partial charge in [-0.1, -0.05) is 0 Å². The molecule has 0 aliphatic heterocycles. The normalized spacial score (nSPS) is 0. The molecule has 0 saturated carbocycles. The summed E-state index contributed by atoms with van der Waals surface area (Å²) in [5, 5.41) is 0. The molecule has 44 valence electrons. The van der Waals surface area contributed by atoms with Gasteiger partial charge in [0.15, 0.2) is 0 Å². The monoisotopic (exact) mass is 418 g/mol. The van der Waals surface area contributed by atoms with E-state index >= 15 is 0 Å². The smallest absolute Gasteiger partial charge is 0 e. The summed E-state index contributed by atoms with van der Waals surface area (Å²) in [6, 6.07) is 0. The summed E-state index contributed by atoms with van der Waals surface area (Å²) in [5.74, 6) is 0. The number of hydrogen-bond acceptors (Lipinski definition) is 0. The largest absolute Gasteiger partial charge is 0.147 e. The average molecular weight is 420 g/mol. The topological polar surface area (TPSA) is 0 Å². The van der Waals surface area contributed by atoms with E-state index in [9.17, 15) is 0 Å². The molecule has 0 atom stereocenters. The Kier molecular flexibility index (Phi) is 645. The molecule has 0 aliphatic rings. The Bertz CT molecular complexity index is 3.90. The van der Waals surface area contributed by atoms with Gasteiger partial charge in [0.05, 0.1) is 0 Å². The van der Waals surface area contributed by atoms with Crippen molar-refractivity contribution in [3.05, 3.63) is 0 Å². The molecule has 6 heteroatoms. The second-order valence-electron chi connectivity index (χ2n) is 0. The van der Waals surface area contributed by atoms with Gasteiger partial charge in [-0.3, -0.25) is 0 Å². The molecule has 0 spiro atoms. The van der Waals surface area contributed by atoms with Crippen molar-refractivity contribution in [1.82, 2.24) is 0 Å². The molecule has 0 amide bonds. The van der Waals surface area contributed by atoms with E-state index in [0.29, 0.717) is 0 Å². The first-order valence-electron chi connectivity index (χ1n) is 0. The van der Waals surface area contributed by atoms with Crippen molar-refractivity contribution in [2.75, 3.05) is 0 Å². The number of halogens is 5. The maximum Gasteiger partial charge on any atom is 0 e. The molecule has 0 rings (SSSR count). The Labute approximate surface area is 92.0 Å². The van der Waals surface area contributed by atoms with Gasteiger partial charge in [-0.25, -0.2) is 0 Å². The van der Waals surface area contributed by atoms with E-state index in [4.69, 9.17) is 0 Å². The predicted molar refractivity (Wildman–Crippen MR) is 36.2 cm³/mol. The quantitative estimate of drug-likeness (QED) is 0.563. The maximum atomic E-state index is 0. The third-order valence-corrected chi connectivity index (χ3v) is 0. The Morgan fingerprint density at radius 2 is 0.333 bits per heavy atom. The predicted octanol–water partition coefficient (Wildman–Crippen LogP) is 2.11. The van der Waals surface area contributed by atoms with Crippen LogP contribution in [0, 0.1) is 31.1 Å². The summed E-state index contributed by atoms with van der Waals surface area (Å²) < 4.78 is 0. The molecule has 0 nitrogen and oxygen atoms in total. The van der Waals surface area contributed by atoms with Crippen molar-refractivity contribution in [3.8, 4) is 0 Å². The standard InChI is InChI=1S/5ClH.U/h5*1H;. The number of hydrogen-bond donors (Lipinski definition) is 0. The summed E-state index contributed by atoms with van der Waals surface area (Å²) in [7, 11) is 0. The molecule has 0 fully saturated rings. The second-order valence-corrected chi connectivity index (χ2v) is 0. The molecule has 0 saturated heterocycles. The van der Waals surface area contributed by atoms with E-state index < -0.39 is 0 Å². The minimum atomic E-state index is 0. The van der Waals surface area contributed by atoms with Crippen LogP contribution in [0.5, 0.6) is 0 Å². The zero-order valence-electron chi connectivity index (χ0n) is 2.54. The van der Waals surface area contributed by atoms with Crippen molar-refractivity contribution in [2.24, 2.45) is 0 Å². The SMILES string of the molecule is Cl.Cl.Cl.Cl.Cl.[U]. The Morgan fingerprint density at radius 1 is 0.333 bits per heavy atom. The fraction of sp³-hybridized carbons (Fsp3) is 0. The van der Waals surface area contributed by atoms with E-state index in [2.05, 4.69) is 0 Å². The number of rotatable bonds is 0. The van der Waals surface area contributed by atoms with Crippen molar-refractivity contribution < 1.29 is 31.1 Å². The van der Waals surface area contributed by atoms with Gasteiger partial charge >= 0.3 is 0 Å². The summed E-state index contributed by atoms with van der Waals surface area (Å²) in [5.41, 5.74) is 0. The summed E-state index contributed by atoms with van der Waals surface area (Å²) in [6.45, 7) is 0. The minimum absolute atomic E-state index is 0. The molecular formula is H5Cl5U. The van der Waals surface area contributed by atoms with Gasteiger partial charge in [-0.2, -0.15) is 0 Å². The van der Waals surface area contributed by atoms with E-state index in [1.165, 1.54) is 0 Å². The van der Waals surface area contributed by atoms with Crippen molar-refractivity contribution >= 4 is 62.0 Å². The molecule has 0 heterocycles. The van der Waals surface area contributed by atoms with Crippen LogP contribution in [0.4, 0.5) is 0 Å². The van der Waals surface area contributed by atoms with Crippen molar-refractivity contribution in [3.63, 3.8) is 0 Å². The van der Waals surface area contributed by atoms with Crippen LogP contribution in [0.15, 0.2) is 0 Å². The molecule has 0 radical (unpaired) electrons. The average Bonchev–Trinajstić information content (AvgIpc) is 0. The summed E-state index contributed by atoms with van der Waals surface area (Å²) in [6.07, 6.45) is 0. The summed E-state index contributed by atoms with van der Waals surface area (Å²) in [4.78, 5) is 0. The Hall–Kier alpha value is 2.50.